The number of aromatic hydroxyl groups is 1. The van der Waals surface area contributed by atoms with Crippen molar-refractivity contribution >= 4 is 5.78 Å². The van der Waals surface area contributed by atoms with E-state index >= 15 is 0 Å². The van der Waals surface area contributed by atoms with Crippen LogP contribution in [0.25, 0.3) is 0 Å². The van der Waals surface area contributed by atoms with Crippen LogP contribution in [0, 0.1) is 0 Å². The van der Waals surface area contributed by atoms with E-state index in [4.69, 9.17) is 4.74 Å². The zero-order valence-corrected chi connectivity index (χ0v) is 11.5. The first-order chi connectivity index (χ1) is 9.70. The number of rotatable bonds is 6. The zero-order chi connectivity index (χ0) is 14.4. The predicted molar refractivity (Wildman–Crippen MR) is 78.4 cm³/mol. The fourth-order valence-corrected chi connectivity index (χ4v) is 1.82. The molecule has 2 aromatic carbocycles. The molecule has 3 heteroatoms. The highest BCUT2D eigenvalue weighted by atomic mass is 16.5. The molecule has 0 saturated carbocycles. The first-order valence-electron chi connectivity index (χ1n) is 6.77. The summed E-state index contributed by atoms with van der Waals surface area (Å²) in [7, 11) is 0. The molecule has 0 aliphatic heterocycles. The number of ketones is 1. The van der Waals surface area contributed by atoms with E-state index in [1.165, 1.54) is 12.1 Å². The van der Waals surface area contributed by atoms with E-state index in [-0.39, 0.29) is 11.5 Å². The van der Waals surface area contributed by atoms with Crippen LogP contribution in [0.2, 0.25) is 0 Å². The van der Waals surface area contributed by atoms with E-state index in [2.05, 4.69) is 6.92 Å². The quantitative estimate of drug-likeness (QED) is 0.641. The minimum atomic E-state index is -0.0647. The Morgan fingerprint density at radius 3 is 2.10 bits per heavy atom. The minimum Gasteiger partial charge on any atom is -0.508 e. The second-order valence-electron chi connectivity index (χ2n) is 4.60. The van der Waals surface area contributed by atoms with Gasteiger partial charge in [0, 0.05) is 11.1 Å². The van der Waals surface area contributed by atoms with Crippen molar-refractivity contribution in [3.05, 3.63) is 59.7 Å². The van der Waals surface area contributed by atoms with Crippen molar-refractivity contribution in [2.24, 2.45) is 0 Å². The molecule has 0 atom stereocenters. The van der Waals surface area contributed by atoms with Gasteiger partial charge in [-0.05, 0) is 55.0 Å². The Kier molecular flexibility index (Phi) is 4.77. The largest absolute Gasteiger partial charge is 0.508 e. The average Bonchev–Trinajstić information content (AvgIpc) is 2.48. The number of carbonyl (C=O) groups is 1. The molecular weight excluding hydrogens is 252 g/mol. The van der Waals surface area contributed by atoms with Gasteiger partial charge in [0.1, 0.15) is 11.5 Å². The molecule has 0 fully saturated rings. The van der Waals surface area contributed by atoms with Gasteiger partial charge in [-0.3, -0.25) is 4.79 Å². The second kappa shape index (κ2) is 6.75. The Morgan fingerprint density at radius 2 is 1.55 bits per heavy atom. The van der Waals surface area contributed by atoms with Gasteiger partial charge in [0.25, 0.3) is 0 Å². The summed E-state index contributed by atoms with van der Waals surface area (Å²) in [5.41, 5.74) is 1.17. The highest BCUT2D eigenvalue weighted by molar-refractivity contribution is 6.09. The molecule has 0 unspecified atom stereocenters. The van der Waals surface area contributed by atoms with Gasteiger partial charge < -0.3 is 9.84 Å². The highest BCUT2D eigenvalue weighted by Crippen LogP contribution is 2.17. The van der Waals surface area contributed by atoms with Crippen LogP contribution in [0.3, 0.4) is 0 Å². The van der Waals surface area contributed by atoms with Crippen molar-refractivity contribution in [3.63, 3.8) is 0 Å². The predicted octanol–water partition coefficient (Wildman–Crippen LogP) is 3.80. The van der Waals surface area contributed by atoms with E-state index in [0.29, 0.717) is 17.7 Å². The standard InChI is InChI=1S/C17H18O3/c1-2-3-12-20-16-10-6-14(7-11-16)17(19)13-4-8-15(18)9-5-13/h4-11,18H,2-3,12H2,1H3. The number of unbranched alkanes of at least 4 members (excludes halogenated alkanes) is 1. The van der Waals surface area contributed by atoms with Crippen LogP contribution < -0.4 is 4.74 Å². The molecule has 2 rings (SSSR count). The highest BCUT2D eigenvalue weighted by Gasteiger charge is 2.08. The summed E-state index contributed by atoms with van der Waals surface area (Å²) >= 11 is 0. The number of hydrogen-bond donors (Lipinski definition) is 1. The summed E-state index contributed by atoms with van der Waals surface area (Å²) in [4.78, 5) is 12.2. The van der Waals surface area contributed by atoms with Crippen LogP contribution in [0.15, 0.2) is 48.5 Å². The monoisotopic (exact) mass is 270 g/mol. The lowest BCUT2D eigenvalue weighted by Gasteiger charge is -2.06. The molecule has 104 valence electrons. The van der Waals surface area contributed by atoms with Crippen molar-refractivity contribution in [3.8, 4) is 11.5 Å². The minimum absolute atomic E-state index is 0.0647. The van der Waals surface area contributed by atoms with Crippen molar-refractivity contribution in [2.45, 2.75) is 19.8 Å². The molecule has 3 nitrogen and oxygen atoms in total. The maximum atomic E-state index is 12.2. The second-order valence-corrected chi connectivity index (χ2v) is 4.60. The Morgan fingerprint density at radius 1 is 1.00 bits per heavy atom. The topological polar surface area (TPSA) is 46.5 Å². The smallest absolute Gasteiger partial charge is 0.193 e. The van der Waals surface area contributed by atoms with E-state index in [9.17, 15) is 9.90 Å². The van der Waals surface area contributed by atoms with Gasteiger partial charge in [0.05, 0.1) is 6.61 Å². The molecule has 0 aromatic heterocycles. The van der Waals surface area contributed by atoms with Gasteiger partial charge in [-0.2, -0.15) is 0 Å². The molecular formula is C17H18O3. The normalized spacial score (nSPS) is 10.2. The van der Waals surface area contributed by atoms with Gasteiger partial charge in [-0.25, -0.2) is 0 Å². The lowest BCUT2D eigenvalue weighted by Crippen LogP contribution is -2.01. The van der Waals surface area contributed by atoms with Gasteiger partial charge in [-0.15, -0.1) is 0 Å². The molecule has 0 radical (unpaired) electrons. The van der Waals surface area contributed by atoms with Crippen molar-refractivity contribution in [1.29, 1.82) is 0 Å². The summed E-state index contributed by atoms with van der Waals surface area (Å²) in [6, 6.07) is 13.4. The van der Waals surface area contributed by atoms with E-state index < -0.39 is 0 Å². The fourth-order valence-electron chi connectivity index (χ4n) is 1.82. The Hall–Kier alpha value is -2.29. The Balaban J connectivity index is 2.05. The molecule has 20 heavy (non-hydrogen) atoms. The summed E-state index contributed by atoms with van der Waals surface area (Å²) in [6.07, 6.45) is 2.12. The summed E-state index contributed by atoms with van der Waals surface area (Å²) in [5, 5.41) is 9.22. The van der Waals surface area contributed by atoms with Crippen LogP contribution >= 0.6 is 0 Å². The van der Waals surface area contributed by atoms with E-state index in [1.807, 2.05) is 12.1 Å². The van der Waals surface area contributed by atoms with Gasteiger partial charge in [-0.1, -0.05) is 13.3 Å². The van der Waals surface area contributed by atoms with Crippen LogP contribution in [-0.2, 0) is 0 Å². The fraction of sp³-hybridized carbons (Fsp3) is 0.235. The Labute approximate surface area is 118 Å². The maximum Gasteiger partial charge on any atom is 0.193 e. The third kappa shape index (κ3) is 3.60. The third-order valence-electron chi connectivity index (χ3n) is 3.01. The number of carbonyl (C=O) groups excluding carboxylic acids is 1. The molecule has 0 saturated heterocycles. The maximum absolute atomic E-state index is 12.2. The first kappa shape index (κ1) is 14.1. The van der Waals surface area contributed by atoms with Gasteiger partial charge in [0.2, 0.25) is 0 Å². The van der Waals surface area contributed by atoms with Gasteiger partial charge in [0.15, 0.2) is 5.78 Å². The molecule has 0 amide bonds. The summed E-state index contributed by atoms with van der Waals surface area (Å²) in [5.74, 6) is 0.868. The van der Waals surface area contributed by atoms with Crippen molar-refractivity contribution in [2.75, 3.05) is 6.61 Å². The molecule has 0 aliphatic carbocycles. The lowest BCUT2D eigenvalue weighted by molar-refractivity contribution is 0.103. The number of phenolic OH excluding ortho intramolecular Hbond substituents is 1. The molecule has 0 spiro atoms. The molecule has 2 aromatic rings. The van der Waals surface area contributed by atoms with Gasteiger partial charge >= 0.3 is 0 Å². The van der Waals surface area contributed by atoms with E-state index in [0.717, 1.165) is 18.6 Å². The molecule has 0 bridgehead atoms. The zero-order valence-electron chi connectivity index (χ0n) is 11.5. The molecule has 0 heterocycles. The van der Waals surface area contributed by atoms with Crippen molar-refractivity contribution < 1.29 is 14.6 Å². The number of hydrogen-bond acceptors (Lipinski definition) is 3. The van der Waals surface area contributed by atoms with E-state index in [1.54, 1.807) is 24.3 Å². The van der Waals surface area contributed by atoms with Crippen LogP contribution in [0.4, 0.5) is 0 Å². The number of benzene rings is 2. The Bertz CT molecular complexity index is 556. The van der Waals surface area contributed by atoms with Crippen LogP contribution in [0.5, 0.6) is 11.5 Å². The molecule has 1 N–H and O–H groups in total. The SMILES string of the molecule is CCCCOc1ccc(C(=O)c2ccc(O)cc2)cc1. The molecule has 0 aliphatic rings. The third-order valence-corrected chi connectivity index (χ3v) is 3.01. The van der Waals surface area contributed by atoms with Crippen LogP contribution in [-0.4, -0.2) is 17.5 Å². The number of ether oxygens (including phenoxy) is 1. The summed E-state index contributed by atoms with van der Waals surface area (Å²) in [6.45, 7) is 2.81. The van der Waals surface area contributed by atoms with Crippen molar-refractivity contribution in [1.82, 2.24) is 0 Å². The van der Waals surface area contributed by atoms with Crippen LogP contribution in [0.1, 0.15) is 35.7 Å². The first-order valence-corrected chi connectivity index (χ1v) is 6.77. The average molecular weight is 270 g/mol. The summed E-state index contributed by atoms with van der Waals surface area (Å²) < 4.78 is 5.56. The number of phenols is 1. The lowest BCUT2D eigenvalue weighted by atomic mass is 10.0.